The van der Waals surface area contributed by atoms with Crippen molar-refractivity contribution in [3.8, 4) is 11.5 Å². The van der Waals surface area contributed by atoms with Gasteiger partial charge in [-0.25, -0.2) is 0 Å². The second-order valence-corrected chi connectivity index (χ2v) is 5.89. The zero-order valence-electron chi connectivity index (χ0n) is 13.9. The summed E-state index contributed by atoms with van der Waals surface area (Å²) < 4.78 is 10.6. The number of nitrogens with one attached hydrogen (secondary N) is 2. The van der Waals surface area contributed by atoms with E-state index in [1.807, 2.05) is 18.2 Å². The molecule has 0 bridgehead atoms. The molecule has 2 N–H and O–H groups in total. The van der Waals surface area contributed by atoms with Crippen molar-refractivity contribution in [1.82, 2.24) is 10.7 Å². The van der Waals surface area contributed by atoms with Crippen LogP contribution in [0.15, 0.2) is 47.6 Å². The van der Waals surface area contributed by atoms with E-state index in [0.717, 1.165) is 22.6 Å². The monoisotopic (exact) mass is 372 g/mol. The second-order valence-electron chi connectivity index (χ2n) is 5.48. The fourth-order valence-electron chi connectivity index (χ4n) is 2.30. The molecule has 0 spiro atoms. The van der Waals surface area contributed by atoms with Gasteiger partial charge >= 0.3 is 0 Å². The standard InChI is InChI=1S/C17H16N4O4S/c1-11(13-3-5-14(6-4-13)21(22)23)19-20-17(26)18-9-12-2-7-15-16(8-12)25-10-24-15/h2-8H,9-10H2,1H3,(H2,18,20,26)/b19-11-. The number of hydrogen-bond donors (Lipinski definition) is 2. The van der Waals surface area contributed by atoms with Gasteiger partial charge in [0.1, 0.15) is 0 Å². The average molecular weight is 372 g/mol. The third kappa shape index (κ3) is 4.25. The number of benzene rings is 2. The van der Waals surface area contributed by atoms with Crippen LogP contribution in [0.2, 0.25) is 0 Å². The highest BCUT2D eigenvalue weighted by Crippen LogP contribution is 2.32. The van der Waals surface area contributed by atoms with E-state index in [-0.39, 0.29) is 12.5 Å². The van der Waals surface area contributed by atoms with Crippen LogP contribution in [0.4, 0.5) is 5.69 Å². The van der Waals surface area contributed by atoms with E-state index >= 15 is 0 Å². The number of non-ortho nitro benzene ring substituents is 1. The first-order valence-corrected chi connectivity index (χ1v) is 8.15. The van der Waals surface area contributed by atoms with Gasteiger partial charge in [-0.2, -0.15) is 5.10 Å². The molecule has 134 valence electrons. The number of ether oxygens (including phenoxy) is 2. The molecule has 0 amide bonds. The molecule has 2 aromatic carbocycles. The van der Waals surface area contributed by atoms with Gasteiger partial charge in [-0.3, -0.25) is 15.5 Å². The molecule has 2 aromatic rings. The Morgan fingerprint density at radius 2 is 1.96 bits per heavy atom. The SMILES string of the molecule is C/C(=N/NC(=S)NCc1ccc2c(c1)OCO2)c1ccc([N+](=O)[O-])cc1. The predicted octanol–water partition coefficient (Wildman–Crippen LogP) is 2.71. The molecular formula is C17H16N4O4S. The molecule has 0 saturated carbocycles. The summed E-state index contributed by atoms with van der Waals surface area (Å²) in [5.41, 5.74) is 5.22. The normalized spacial score (nSPS) is 12.6. The second kappa shape index (κ2) is 7.79. The van der Waals surface area contributed by atoms with Gasteiger partial charge in [-0.05, 0) is 54.5 Å². The first kappa shape index (κ1) is 17.6. The van der Waals surface area contributed by atoms with E-state index in [9.17, 15) is 10.1 Å². The van der Waals surface area contributed by atoms with Crippen LogP contribution in [0.3, 0.4) is 0 Å². The number of thiocarbonyl (C=S) groups is 1. The summed E-state index contributed by atoms with van der Waals surface area (Å²) in [6.45, 7) is 2.53. The van der Waals surface area contributed by atoms with Gasteiger partial charge in [0.15, 0.2) is 16.6 Å². The number of nitro groups is 1. The minimum Gasteiger partial charge on any atom is -0.454 e. The van der Waals surface area contributed by atoms with Crippen molar-refractivity contribution in [2.24, 2.45) is 5.10 Å². The third-order valence-corrected chi connectivity index (χ3v) is 3.95. The van der Waals surface area contributed by atoms with E-state index in [1.54, 1.807) is 19.1 Å². The summed E-state index contributed by atoms with van der Waals surface area (Å²) in [6, 6.07) is 11.8. The number of nitrogens with zero attached hydrogens (tertiary/aromatic N) is 2. The fourth-order valence-corrected chi connectivity index (χ4v) is 2.41. The van der Waals surface area contributed by atoms with Crippen LogP contribution >= 0.6 is 12.2 Å². The van der Waals surface area contributed by atoms with Crippen LogP contribution in [0.1, 0.15) is 18.1 Å². The Bertz CT molecular complexity index is 868. The molecule has 0 aromatic heterocycles. The first-order chi connectivity index (χ1) is 12.5. The maximum absolute atomic E-state index is 10.7. The molecule has 3 rings (SSSR count). The van der Waals surface area contributed by atoms with Crippen LogP contribution in [-0.2, 0) is 6.54 Å². The molecule has 1 aliphatic heterocycles. The molecule has 1 aliphatic rings. The van der Waals surface area contributed by atoms with Crippen molar-refractivity contribution in [2.75, 3.05) is 6.79 Å². The fraction of sp³-hybridized carbons (Fsp3) is 0.176. The van der Waals surface area contributed by atoms with Crippen molar-refractivity contribution in [3.63, 3.8) is 0 Å². The zero-order valence-corrected chi connectivity index (χ0v) is 14.7. The molecule has 0 saturated heterocycles. The minimum atomic E-state index is -0.441. The van der Waals surface area contributed by atoms with Gasteiger partial charge in [0.2, 0.25) is 6.79 Å². The molecule has 1 heterocycles. The van der Waals surface area contributed by atoms with Gasteiger partial charge in [0.05, 0.1) is 10.6 Å². The molecule has 9 heteroatoms. The quantitative estimate of drug-likeness (QED) is 0.360. The largest absolute Gasteiger partial charge is 0.454 e. The summed E-state index contributed by atoms with van der Waals surface area (Å²) >= 11 is 5.20. The molecule has 0 radical (unpaired) electrons. The predicted molar refractivity (Wildman–Crippen MR) is 100 cm³/mol. The van der Waals surface area contributed by atoms with E-state index in [4.69, 9.17) is 21.7 Å². The van der Waals surface area contributed by atoms with E-state index in [1.165, 1.54) is 12.1 Å². The molecular weight excluding hydrogens is 356 g/mol. The highest BCUT2D eigenvalue weighted by atomic mass is 32.1. The van der Waals surface area contributed by atoms with Crippen LogP contribution in [0.5, 0.6) is 11.5 Å². The molecule has 8 nitrogen and oxygen atoms in total. The maximum atomic E-state index is 10.7. The molecule has 0 aliphatic carbocycles. The van der Waals surface area contributed by atoms with Crippen molar-refractivity contribution in [2.45, 2.75) is 13.5 Å². The van der Waals surface area contributed by atoms with Crippen molar-refractivity contribution >= 4 is 28.7 Å². The Morgan fingerprint density at radius 1 is 1.23 bits per heavy atom. The van der Waals surface area contributed by atoms with Crippen molar-refractivity contribution < 1.29 is 14.4 Å². The Kier molecular flexibility index (Phi) is 5.28. The van der Waals surface area contributed by atoms with E-state index in [2.05, 4.69) is 15.8 Å². The van der Waals surface area contributed by atoms with E-state index < -0.39 is 4.92 Å². The smallest absolute Gasteiger partial charge is 0.269 e. The molecule has 0 fully saturated rings. The maximum Gasteiger partial charge on any atom is 0.269 e. The Labute approximate surface area is 155 Å². The number of fused-ring (bicyclic) bond motifs is 1. The number of hydrazone groups is 1. The molecule has 26 heavy (non-hydrogen) atoms. The molecule has 0 atom stereocenters. The van der Waals surface area contributed by atoms with Crippen molar-refractivity contribution in [3.05, 3.63) is 63.7 Å². The summed E-state index contributed by atoms with van der Waals surface area (Å²) in [7, 11) is 0. The van der Waals surface area contributed by atoms with Crippen LogP contribution in [0, 0.1) is 10.1 Å². The van der Waals surface area contributed by atoms with Crippen LogP contribution in [0.25, 0.3) is 0 Å². The third-order valence-electron chi connectivity index (χ3n) is 3.71. The lowest BCUT2D eigenvalue weighted by Gasteiger charge is -2.09. The summed E-state index contributed by atoms with van der Waals surface area (Å²) in [5, 5.41) is 18.3. The highest BCUT2D eigenvalue weighted by molar-refractivity contribution is 7.80. The Morgan fingerprint density at radius 3 is 2.69 bits per heavy atom. The lowest BCUT2D eigenvalue weighted by molar-refractivity contribution is -0.384. The van der Waals surface area contributed by atoms with Gasteiger partial charge in [0.25, 0.3) is 5.69 Å². The Hall–Kier alpha value is -3.20. The minimum absolute atomic E-state index is 0.0374. The zero-order chi connectivity index (χ0) is 18.5. The van der Waals surface area contributed by atoms with Gasteiger partial charge < -0.3 is 14.8 Å². The summed E-state index contributed by atoms with van der Waals surface area (Å²) in [5.74, 6) is 1.45. The lowest BCUT2D eigenvalue weighted by atomic mass is 10.1. The lowest BCUT2D eigenvalue weighted by Crippen LogP contribution is -2.32. The average Bonchev–Trinajstić information content (AvgIpc) is 3.12. The summed E-state index contributed by atoms with van der Waals surface area (Å²) in [6.07, 6.45) is 0. The van der Waals surface area contributed by atoms with E-state index in [0.29, 0.717) is 17.4 Å². The van der Waals surface area contributed by atoms with Crippen LogP contribution < -0.4 is 20.2 Å². The topological polar surface area (TPSA) is 98.0 Å². The van der Waals surface area contributed by atoms with Gasteiger partial charge in [-0.1, -0.05) is 6.07 Å². The number of hydrogen-bond acceptors (Lipinski definition) is 6. The van der Waals surface area contributed by atoms with Gasteiger partial charge in [0, 0.05) is 18.7 Å². The summed E-state index contributed by atoms with van der Waals surface area (Å²) in [4.78, 5) is 10.2. The number of rotatable bonds is 5. The van der Waals surface area contributed by atoms with Gasteiger partial charge in [-0.15, -0.1) is 0 Å². The number of nitro benzene ring substituents is 1. The Balaban J connectivity index is 1.52. The molecule has 0 unspecified atom stereocenters. The first-order valence-electron chi connectivity index (χ1n) is 7.74. The van der Waals surface area contributed by atoms with Crippen molar-refractivity contribution in [1.29, 1.82) is 0 Å². The van der Waals surface area contributed by atoms with Crippen LogP contribution in [-0.4, -0.2) is 22.5 Å². The highest BCUT2D eigenvalue weighted by Gasteiger charge is 2.13.